The molecule has 0 saturated carbocycles. The molecule has 0 unspecified atom stereocenters. The summed E-state index contributed by atoms with van der Waals surface area (Å²) < 4.78 is 5.73. The van der Waals surface area contributed by atoms with Crippen molar-refractivity contribution in [1.82, 2.24) is 0 Å². The lowest BCUT2D eigenvalue weighted by atomic mass is 10.4. The lowest BCUT2D eigenvalue weighted by Crippen LogP contribution is -1.60. The van der Waals surface area contributed by atoms with Crippen LogP contribution in [0.2, 0.25) is 0 Å². The van der Waals surface area contributed by atoms with Crippen LogP contribution < -0.4 is 0 Å². The smallest absolute Gasteiger partial charge is 0.140 e. The van der Waals surface area contributed by atoms with Crippen LogP contribution in [0.25, 0.3) is 4.48 Å². The maximum atomic E-state index is 4.95. The predicted molar refractivity (Wildman–Crippen MR) is 36.7 cm³/mol. The van der Waals surface area contributed by atoms with Gasteiger partial charge in [0.05, 0.1) is 10.7 Å². The molecule has 8 heavy (non-hydrogen) atoms. The molecule has 0 atom stereocenters. The molecule has 0 fully saturated rings. The standard InChI is InChI=1S/C6H5BrO/c1-5(7)6-3-2-4-8-6/h2-4H,1H2. The van der Waals surface area contributed by atoms with Gasteiger partial charge in [-0.1, -0.05) is 6.58 Å². The van der Waals surface area contributed by atoms with Crippen molar-refractivity contribution in [3.05, 3.63) is 30.7 Å². The van der Waals surface area contributed by atoms with E-state index in [1.807, 2.05) is 12.1 Å². The molecule has 0 aliphatic carbocycles. The Bertz CT molecular complexity index is 176. The fraction of sp³-hybridized carbons (Fsp3) is 0. The van der Waals surface area contributed by atoms with Gasteiger partial charge in [0, 0.05) is 0 Å². The molecule has 1 aromatic rings. The first kappa shape index (κ1) is 5.63. The van der Waals surface area contributed by atoms with Crippen molar-refractivity contribution in [3.63, 3.8) is 0 Å². The molecule has 0 amide bonds. The quantitative estimate of drug-likeness (QED) is 0.636. The van der Waals surface area contributed by atoms with Crippen LogP contribution in [0.3, 0.4) is 0 Å². The summed E-state index contributed by atoms with van der Waals surface area (Å²) >= 11 is 3.17. The third-order valence-electron chi connectivity index (χ3n) is 0.789. The normalized spacial score (nSPS) is 9.12. The zero-order valence-corrected chi connectivity index (χ0v) is 5.81. The summed E-state index contributed by atoms with van der Waals surface area (Å²) in [6, 6.07) is 3.67. The van der Waals surface area contributed by atoms with E-state index < -0.39 is 0 Å². The minimum absolute atomic E-state index is 0.780. The molecule has 0 aliphatic heterocycles. The van der Waals surface area contributed by atoms with E-state index >= 15 is 0 Å². The Kier molecular flexibility index (Phi) is 1.53. The molecule has 0 aromatic carbocycles. The van der Waals surface area contributed by atoms with Crippen LogP contribution in [0.5, 0.6) is 0 Å². The summed E-state index contributed by atoms with van der Waals surface area (Å²) in [5.41, 5.74) is 0. The predicted octanol–water partition coefficient (Wildman–Crippen LogP) is 2.65. The van der Waals surface area contributed by atoms with Gasteiger partial charge in [-0.3, -0.25) is 0 Å². The van der Waals surface area contributed by atoms with Crippen LogP contribution in [0.15, 0.2) is 29.4 Å². The molecular formula is C6H5BrO. The highest BCUT2D eigenvalue weighted by atomic mass is 79.9. The third-order valence-corrected chi connectivity index (χ3v) is 1.18. The third kappa shape index (κ3) is 1.01. The second-order valence-electron chi connectivity index (χ2n) is 1.38. The molecule has 42 valence electrons. The van der Waals surface area contributed by atoms with Gasteiger partial charge < -0.3 is 4.42 Å². The van der Waals surface area contributed by atoms with E-state index in [1.54, 1.807) is 6.26 Å². The molecule has 0 bridgehead atoms. The van der Waals surface area contributed by atoms with Gasteiger partial charge in [-0.15, -0.1) is 0 Å². The fourth-order valence-corrected chi connectivity index (χ4v) is 0.659. The molecule has 1 rings (SSSR count). The van der Waals surface area contributed by atoms with Gasteiger partial charge in [0.2, 0.25) is 0 Å². The fourth-order valence-electron chi connectivity index (χ4n) is 0.433. The average Bonchev–Trinajstić information content (AvgIpc) is 2.12. The maximum absolute atomic E-state index is 4.95. The van der Waals surface area contributed by atoms with E-state index in [0.717, 1.165) is 10.2 Å². The van der Waals surface area contributed by atoms with Crippen molar-refractivity contribution in [1.29, 1.82) is 0 Å². The van der Waals surface area contributed by atoms with E-state index in [2.05, 4.69) is 22.5 Å². The Hall–Kier alpha value is -0.500. The van der Waals surface area contributed by atoms with Crippen molar-refractivity contribution < 1.29 is 4.42 Å². The summed E-state index contributed by atoms with van der Waals surface area (Å²) in [6.07, 6.45) is 1.61. The highest BCUT2D eigenvalue weighted by Gasteiger charge is 1.92. The Balaban J connectivity index is 2.93. The second kappa shape index (κ2) is 2.18. The van der Waals surface area contributed by atoms with Crippen LogP contribution in [-0.4, -0.2) is 0 Å². The van der Waals surface area contributed by atoms with E-state index in [1.165, 1.54) is 0 Å². The monoisotopic (exact) mass is 172 g/mol. The van der Waals surface area contributed by atoms with E-state index in [4.69, 9.17) is 4.42 Å². The molecule has 0 N–H and O–H groups in total. The van der Waals surface area contributed by atoms with Crippen LogP contribution in [0.1, 0.15) is 5.76 Å². The first-order valence-electron chi connectivity index (χ1n) is 2.19. The second-order valence-corrected chi connectivity index (χ2v) is 2.34. The minimum Gasteiger partial charge on any atom is -0.464 e. The van der Waals surface area contributed by atoms with Gasteiger partial charge in [0.1, 0.15) is 5.76 Å². The first-order chi connectivity index (χ1) is 3.80. The molecule has 0 radical (unpaired) electrons. The van der Waals surface area contributed by atoms with Crippen LogP contribution >= 0.6 is 15.9 Å². The zero-order chi connectivity index (χ0) is 5.98. The van der Waals surface area contributed by atoms with Crippen molar-refractivity contribution in [2.24, 2.45) is 0 Å². The topological polar surface area (TPSA) is 13.1 Å². The molecule has 1 heterocycles. The lowest BCUT2D eigenvalue weighted by Gasteiger charge is -1.84. The summed E-state index contributed by atoms with van der Waals surface area (Å²) in [4.78, 5) is 0. The highest BCUT2D eigenvalue weighted by molar-refractivity contribution is 9.15. The molecular weight excluding hydrogens is 168 g/mol. The van der Waals surface area contributed by atoms with Gasteiger partial charge in [-0.05, 0) is 28.1 Å². The molecule has 0 aliphatic rings. The van der Waals surface area contributed by atoms with E-state index in [-0.39, 0.29) is 0 Å². The van der Waals surface area contributed by atoms with E-state index in [0.29, 0.717) is 0 Å². The van der Waals surface area contributed by atoms with Gasteiger partial charge >= 0.3 is 0 Å². The molecule has 1 aromatic heterocycles. The Morgan fingerprint density at radius 1 is 1.75 bits per heavy atom. The Morgan fingerprint density at radius 2 is 2.50 bits per heavy atom. The van der Waals surface area contributed by atoms with Crippen LogP contribution in [-0.2, 0) is 0 Å². The van der Waals surface area contributed by atoms with Crippen molar-refractivity contribution in [2.75, 3.05) is 0 Å². The SMILES string of the molecule is C=C(Br)c1ccco1. The largest absolute Gasteiger partial charge is 0.464 e. The van der Waals surface area contributed by atoms with Crippen molar-refractivity contribution in [2.45, 2.75) is 0 Å². The number of halogens is 1. The van der Waals surface area contributed by atoms with Crippen molar-refractivity contribution in [3.8, 4) is 0 Å². The number of rotatable bonds is 1. The zero-order valence-electron chi connectivity index (χ0n) is 4.23. The minimum atomic E-state index is 0.780. The number of hydrogen-bond donors (Lipinski definition) is 0. The van der Waals surface area contributed by atoms with Gasteiger partial charge in [0.25, 0.3) is 0 Å². The van der Waals surface area contributed by atoms with Gasteiger partial charge in [-0.25, -0.2) is 0 Å². The van der Waals surface area contributed by atoms with Gasteiger partial charge in [-0.2, -0.15) is 0 Å². The molecule has 1 nitrogen and oxygen atoms in total. The maximum Gasteiger partial charge on any atom is 0.140 e. The summed E-state index contributed by atoms with van der Waals surface area (Å²) in [7, 11) is 0. The molecule has 2 heteroatoms. The van der Waals surface area contributed by atoms with E-state index in [9.17, 15) is 0 Å². The van der Waals surface area contributed by atoms with Gasteiger partial charge in [0.15, 0.2) is 0 Å². The average molecular weight is 173 g/mol. The Morgan fingerprint density at radius 3 is 2.75 bits per heavy atom. The number of hydrogen-bond acceptors (Lipinski definition) is 1. The summed E-state index contributed by atoms with van der Waals surface area (Å²) in [5.74, 6) is 0.782. The van der Waals surface area contributed by atoms with Crippen LogP contribution in [0, 0.1) is 0 Å². The summed E-state index contributed by atoms with van der Waals surface area (Å²) in [6.45, 7) is 3.62. The molecule has 0 spiro atoms. The lowest BCUT2D eigenvalue weighted by molar-refractivity contribution is 0.556. The first-order valence-corrected chi connectivity index (χ1v) is 2.98. The highest BCUT2D eigenvalue weighted by Crippen LogP contribution is 2.17. The number of furan rings is 1. The summed E-state index contributed by atoms with van der Waals surface area (Å²) in [5, 5.41) is 0. The van der Waals surface area contributed by atoms with Crippen LogP contribution in [0.4, 0.5) is 0 Å². The van der Waals surface area contributed by atoms with Crippen molar-refractivity contribution >= 4 is 20.4 Å². The molecule has 0 saturated heterocycles. The Labute approximate surface area is 56.1 Å².